The van der Waals surface area contributed by atoms with E-state index in [0.29, 0.717) is 69.8 Å². The minimum atomic E-state index is -0.410. The number of hydrogen-bond acceptors (Lipinski definition) is 10. The second-order valence-corrected chi connectivity index (χ2v) is 10.3. The summed E-state index contributed by atoms with van der Waals surface area (Å²) in [5, 5.41) is 3.16. The van der Waals surface area contributed by atoms with E-state index in [9.17, 15) is 14.4 Å². The summed E-state index contributed by atoms with van der Waals surface area (Å²) in [5.74, 6) is 1.49. The molecular formula is C28H30N6O6S. The summed E-state index contributed by atoms with van der Waals surface area (Å²) in [6.45, 7) is 3.94. The van der Waals surface area contributed by atoms with E-state index in [-0.39, 0.29) is 18.0 Å². The minimum Gasteiger partial charge on any atom is -0.493 e. The van der Waals surface area contributed by atoms with Crippen LogP contribution in [0.2, 0.25) is 0 Å². The number of hydrogen-bond donors (Lipinski definition) is 1. The molecule has 0 unspecified atom stereocenters. The van der Waals surface area contributed by atoms with Crippen LogP contribution in [0.1, 0.15) is 15.2 Å². The minimum absolute atomic E-state index is 0.131. The lowest BCUT2D eigenvalue weighted by Gasteiger charge is -2.35. The number of pyridine rings is 1. The first-order chi connectivity index (χ1) is 19.8. The Balaban J connectivity index is 1.32. The van der Waals surface area contributed by atoms with Gasteiger partial charge in [-0.2, -0.15) is 0 Å². The highest BCUT2D eigenvalue weighted by Gasteiger charge is 2.24. The van der Waals surface area contributed by atoms with Crippen molar-refractivity contribution in [2.24, 2.45) is 0 Å². The van der Waals surface area contributed by atoms with E-state index in [1.54, 1.807) is 30.2 Å². The number of methoxy groups -OCH3 is 3. The van der Waals surface area contributed by atoms with Crippen LogP contribution in [0.4, 0.5) is 11.5 Å². The van der Waals surface area contributed by atoms with Gasteiger partial charge in [0.25, 0.3) is 11.5 Å². The van der Waals surface area contributed by atoms with Gasteiger partial charge in [0.15, 0.2) is 11.5 Å². The molecule has 1 fully saturated rings. The maximum atomic E-state index is 13.4. The van der Waals surface area contributed by atoms with Crippen LogP contribution in [0.25, 0.3) is 10.2 Å². The monoisotopic (exact) mass is 578 g/mol. The fourth-order valence-electron chi connectivity index (χ4n) is 4.80. The van der Waals surface area contributed by atoms with Crippen LogP contribution in [0.15, 0.2) is 47.7 Å². The van der Waals surface area contributed by atoms with Gasteiger partial charge < -0.3 is 29.3 Å². The molecule has 0 spiro atoms. The number of piperazine rings is 1. The Hall–Kier alpha value is -4.65. The average molecular weight is 579 g/mol. The number of benzene rings is 1. The number of nitrogens with one attached hydrogen (secondary N) is 1. The first kappa shape index (κ1) is 27.9. The first-order valence-corrected chi connectivity index (χ1v) is 13.7. The van der Waals surface area contributed by atoms with Crippen molar-refractivity contribution in [1.29, 1.82) is 0 Å². The fraction of sp³-hybridized carbons (Fsp3) is 0.321. The van der Waals surface area contributed by atoms with Gasteiger partial charge in [0, 0.05) is 50.2 Å². The Morgan fingerprint density at radius 2 is 1.71 bits per heavy atom. The molecule has 41 heavy (non-hydrogen) atoms. The van der Waals surface area contributed by atoms with Gasteiger partial charge in [-0.1, -0.05) is 6.07 Å². The van der Waals surface area contributed by atoms with Crippen LogP contribution in [-0.2, 0) is 11.3 Å². The van der Waals surface area contributed by atoms with Crippen molar-refractivity contribution in [1.82, 2.24) is 19.4 Å². The van der Waals surface area contributed by atoms with Gasteiger partial charge in [-0.3, -0.25) is 19.0 Å². The average Bonchev–Trinajstić information content (AvgIpc) is 3.35. The van der Waals surface area contributed by atoms with Gasteiger partial charge in [-0.05, 0) is 24.6 Å². The van der Waals surface area contributed by atoms with E-state index < -0.39 is 5.91 Å². The Kier molecular flexibility index (Phi) is 8.06. The van der Waals surface area contributed by atoms with Crippen molar-refractivity contribution in [3.63, 3.8) is 0 Å². The molecule has 13 heteroatoms. The molecule has 0 aliphatic carbocycles. The van der Waals surface area contributed by atoms with Crippen LogP contribution in [-0.4, -0.2) is 78.8 Å². The van der Waals surface area contributed by atoms with Crippen LogP contribution in [0.3, 0.4) is 0 Å². The molecule has 1 aliphatic rings. The Bertz CT molecular complexity index is 1620. The number of carbonyl (C=O) groups is 2. The summed E-state index contributed by atoms with van der Waals surface area (Å²) >= 11 is 1.12. The first-order valence-electron chi connectivity index (χ1n) is 12.9. The lowest BCUT2D eigenvalue weighted by molar-refractivity contribution is -0.132. The van der Waals surface area contributed by atoms with Crippen LogP contribution >= 0.6 is 11.3 Å². The lowest BCUT2D eigenvalue weighted by atomic mass is 10.2. The molecule has 3 aromatic heterocycles. The van der Waals surface area contributed by atoms with Crippen molar-refractivity contribution >= 4 is 44.9 Å². The molecule has 1 N–H and O–H groups in total. The summed E-state index contributed by atoms with van der Waals surface area (Å²) in [5.41, 5.74) is 0.565. The lowest BCUT2D eigenvalue weighted by Crippen LogP contribution is -2.50. The Labute approximate surface area is 240 Å². The van der Waals surface area contributed by atoms with E-state index in [1.165, 1.54) is 32.2 Å². The van der Waals surface area contributed by atoms with Gasteiger partial charge in [-0.15, -0.1) is 11.3 Å². The number of aryl methyl sites for hydroxylation is 1. The number of ether oxygens (including phenoxy) is 3. The van der Waals surface area contributed by atoms with Gasteiger partial charge in [0.1, 0.15) is 17.2 Å². The molecule has 2 amide bonds. The zero-order valence-electron chi connectivity index (χ0n) is 23.2. The van der Waals surface area contributed by atoms with E-state index in [2.05, 4.69) is 20.2 Å². The summed E-state index contributed by atoms with van der Waals surface area (Å²) in [6.07, 6.45) is 3.11. The summed E-state index contributed by atoms with van der Waals surface area (Å²) in [6, 6.07) is 8.99. The number of amides is 2. The molecule has 4 aromatic rings. The number of rotatable bonds is 8. The van der Waals surface area contributed by atoms with E-state index in [1.807, 2.05) is 18.2 Å². The molecular weight excluding hydrogens is 548 g/mol. The largest absolute Gasteiger partial charge is 0.493 e. The van der Waals surface area contributed by atoms with E-state index >= 15 is 0 Å². The number of nitrogens with zero attached hydrogens (tertiary/aromatic N) is 5. The molecule has 5 rings (SSSR count). The zero-order chi connectivity index (χ0) is 29.1. The zero-order valence-corrected chi connectivity index (χ0v) is 24.0. The van der Waals surface area contributed by atoms with Crippen LogP contribution < -0.4 is 30.0 Å². The molecule has 0 atom stereocenters. The maximum Gasteiger partial charge on any atom is 0.266 e. The van der Waals surface area contributed by atoms with Crippen molar-refractivity contribution in [2.75, 3.05) is 57.7 Å². The molecule has 214 valence electrons. The molecule has 12 nitrogen and oxygen atoms in total. The highest BCUT2D eigenvalue weighted by Crippen LogP contribution is 2.40. The molecule has 0 saturated carbocycles. The van der Waals surface area contributed by atoms with E-state index in [0.717, 1.165) is 17.2 Å². The van der Waals surface area contributed by atoms with Gasteiger partial charge in [-0.25, -0.2) is 9.97 Å². The molecule has 0 radical (unpaired) electrons. The predicted octanol–water partition coefficient (Wildman–Crippen LogP) is 2.79. The third-order valence-electron chi connectivity index (χ3n) is 6.96. The third kappa shape index (κ3) is 5.53. The van der Waals surface area contributed by atoms with Crippen molar-refractivity contribution in [2.45, 2.75) is 13.5 Å². The van der Waals surface area contributed by atoms with Gasteiger partial charge >= 0.3 is 0 Å². The molecule has 1 saturated heterocycles. The second-order valence-electron chi connectivity index (χ2n) is 9.34. The SMILES string of the molecule is COc1cc(NC(=O)c2sc3ncn(CC(=O)N4CCN(c5ccccn5)CC4)c(=O)c3c2C)cc(OC)c1OC. The summed E-state index contributed by atoms with van der Waals surface area (Å²) in [4.78, 5) is 53.1. The number of carbonyl (C=O) groups excluding carboxylic acids is 2. The molecule has 1 aromatic carbocycles. The molecule has 4 heterocycles. The standard InChI is InChI=1S/C28H30N6O6S/c1-17-23-27(41-25(17)26(36)31-18-13-19(38-2)24(40-4)20(14-18)39-3)30-16-34(28(23)37)15-22(35)33-11-9-32(10-12-33)21-7-5-6-8-29-21/h5-8,13-14,16H,9-12,15H2,1-4H3,(H,31,36). The quantitative estimate of drug-likeness (QED) is 0.336. The van der Waals surface area contributed by atoms with Crippen LogP contribution in [0.5, 0.6) is 17.2 Å². The fourth-order valence-corrected chi connectivity index (χ4v) is 5.84. The normalized spacial score (nSPS) is 13.3. The highest BCUT2D eigenvalue weighted by atomic mass is 32.1. The summed E-state index contributed by atoms with van der Waals surface area (Å²) < 4.78 is 17.4. The summed E-state index contributed by atoms with van der Waals surface area (Å²) in [7, 11) is 4.47. The van der Waals surface area contributed by atoms with Crippen molar-refractivity contribution in [3.05, 3.63) is 63.7 Å². The van der Waals surface area contributed by atoms with Crippen LogP contribution in [0, 0.1) is 6.92 Å². The Morgan fingerprint density at radius 1 is 1.00 bits per heavy atom. The molecule has 1 aliphatic heterocycles. The number of aromatic nitrogens is 3. The third-order valence-corrected chi connectivity index (χ3v) is 8.16. The van der Waals surface area contributed by atoms with E-state index in [4.69, 9.17) is 14.2 Å². The van der Waals surface area contributed by atoms with Crippen molar-refractivity contribution < 1.29 is 23.8 Å². The topological polar surface area (TPSA) is 128 Å². The smallest absolute Gasteiger partial charge is 0.266 e. The van der Waals surface area contributed by atoms with Gasteiger partial charge in [0.2, 0.25) is 11.7 Å². The number of fused-ring (bicyclic) bond motifs is 1. The number of thiophene rings is 1. The second kappa shape index (κ2) is 11.8. The number of anilines is 2. The molecule has 0 bridgehead atoms. The van der Waals surface area contributed by atoms with Gasteiger partial charge in [0.05, 0.1) is 37.9 Å². The van der Waals surface area contributed by atoms with Crippen molar-refractivity contribution in [3.8, 4) is 17.2 Å². The maximum absolute atomic E-state index is 13.4. The predicted molar refractivity (Wildman–Crippen MR) is 156 cm³/mol. The highest BCUT2D eigenvalue weighted by molar-refractivity contribution is 7.20. The Morgan fingerprint density at radius 3 is 2.32 bits per heavy atom.